The molecule has 29 heavy (non-hydrogen) atoms. The molecule has 7 nitrogen and oxygen atoms in total. The molecule has 0 bridgehead atoms. The van der Waals surface area contributed by atoms with Crippen molar-refractivity contribution in [3.63, 3.8) is 0 Å². The number of H-pyrrole nitrogens is 1. The topological polar surface area (TPSA) is 113 Å². The van der Waals surface area contributed by atoms with E-state index in [1.54, 1.807) is 24.3 Å². The summed E-state index contributed by atoms with van der Waals surface area (Å²) in [5, 5.41) is 1.61. The summed E-state index contributed by atoms with van der Waals surface area (Å²) in [6.45, 7) is 0. The number of aromatic amines is 1. The van der Waals surface area contributed by atoms with E-state index in [0.717, 1.165) is 37.8 Å². The fraction of sp³-hybridized carbons (Fsp3) is 0.286. The summed E-state index contributed by atoms with van der Waals surface area (Å²) in [6, 6.07) is 10.9. The Kier molecular flexibility index (Phi) is 4.03. The molecule has 2 aliphatic rings. The number of hydrogen-bond donors (Lipinski definition) is 3. The van der Waals surface area contributed by atoms with Gasteiger partial charge in [0.15, 0.2) is 5.43 Å². The smallest absolute Gasteiger partial charge is 0.220 e. The first kappa shape index (κ1) is 18.0. The third-order valence-corrected chi connectivity index (χ3v) is 6.20. The molecular weight excluding hydrogens is 388 g/mol. The number of fused-ring (bicyclic) bond motifs is 2. The predicted molar refractivity (Wildman–Crippen MR) is 119 cm³/mol. The normalized spacial score (nSPS) is 18.9. The van der Waals surface area contributed by atoms with Crippen LogP contribution < -0.4 is 21.8 Å². The van der Waals surface area contributed by atoms with Crippen LogP contribution in [0.1, 0.15) is 32.1 Å². The second-order valence-electron chi connectivity index (χ2n) is 7.63. The molecule has 0 saturated heterocycles. The molecule has 2 heterocycles. The Hall–Kier alpha value is -3.06. The Labute approximate surface area is 172 Å². The number of guanidine groups is 2. The van der Waals surface area contributed by atoms with Gasteiger partial charge in [0.2, 0.25) is 11.9 Å². The van der Waals surface area contributed by atoms with Gasteiger partial charge in [0, 0.05) is 10.8 Å². The third-order valence-electron chi connectivity index (χ3n) is 5.89. The van der Waals surface area contributed by atoms with Crippen LogP contribution in [0.3, 0.4) is 0 Å². The molecule has 0 amide bonds. The van der Waals surface area contributed by atoms with Crippen molar-refractivity contribution in [2.75, 3.05) is 4.90 Å². The highest BCUT2D eigenvalue weighted by Crippen LogP contribution is 2.41. The Bertz CT molecular complexity index is 1260. The van der Waals surface area contributed by atoms with Crippen LogP contribution in [0.2, 0.25) is 5.02 Å². The monoisotopic (exact) mass is 408 g/mol. The minimum atomic E-state index is -0.589. The maximum Gasteiger partial charge on any atom is 0.220 e. The lowest BCUT2D eigenvalue weighted by molar-refractivity contribution is 0.306. The minimum absolute atomic E-state index is 0.0775. The fourth-order valence-electron chi connectivity index (χ4n) is 4.63. The van der Waals surface area contributed by atoms with Gasteiger partial charge in [-0.1, -0.05) is 30.2 Å². The largest absolute Gasteiger partial charge is 0.369 e. The summed E-state index contributed by atoms with van der Waals surface area (Å²) in [5.41, 5.74) is 13.7. The number of hydrogen-bond acceptors (Lipinski definition) is 6. The van der Waals surface area contributed by atoms with E-state index in [1.807, 2.05) is 17.0 Å². The highest BCUT2D eigenvalue weighted by molar-refractivity contribution is 6.35. The van der Waals surface area contributed by atoms with E-state index in [1.165, 1.54) is 0 Å². The van der Waals surface area contributed by atoms with E-state index < -0.39 is 5.66 Å². The van der Waals surface area contributed by atoms with Gasteiger partial charge in [-0.3, -0.25) is 9.69 Å². The number of rotatable bonds is 1. The first-order valence-corrected chi connectivity index (χ1v) is 10.1. The van der Waals surface area contributed by atoms with E-state index in [0.29, 0.717) is 26.8 Å². The summed E-state index contributed by atoms with van der Waals surface area (Å²) in [7, 11) is 0. The van der Waals surface area contributed by atoms with Gasteiger partial charge in [-0.2, -0.15) is 4.99 Å². The molecule has 8 heteroatoms. The number of anilines is 1. The highest BCUT2D eigenvalue weighted by atomic mass is 35.5. The lowest BCUT2D eigenvalue weighted by Gasteiger charge is -2.45. The Morgan fingerprint density at radius 2 is 1.69 bits per heavy atom. The van der Waals surface area contributed by atoms with Crippen molar-refractivity contribution < 1.29 is 0 Å². The van der Waals surface area contributed by atoms with E-state index in [9.17, 15) is 4.79 Å². The zero-order chi connectivity index (χ0) is 20.2. The van der Waals surface area contributed by atoms with Gasteiger partial charge < -0.3 is 16.5 Å². The lowest BCUT2D eigenvalue weighted by Crippen LogP contribution is -2.58. The van der Waals surface area contributed by atoms with E-state index >= 15 is 0 Å². The van der Waals surface area contributed by atoms with Crippen LogP contribution >= 0.6 is 11.6 Å². The standard InChI is InChI=1S/C21H21ClN6O/c22-14-8-4-6-12-16(14)25-17-13(18(12)29)7-5-9-15(17)28-20(24)26-19(23)27-21(28)10-2-1-3-11-21/h4-9H,1-3,10-11H2,(H,25,29)(H4,23,24,26,27). The molecule has 1 aliphatic carbocycles. The van der Waals surface area contributed by atoms with Gasteiger partial charge in [-0.25, -0.2) is 4.99 Å². The first-order valence-electron chi connectivity index (χ1n) is 9.73. The number of nitrogens with zero attached hydrogens (tertiary/aromatic N) is 3. The molecule has 0 radical (unpaired) electrons. The molecule has 1 spiro atoms. The Morgan fingerprint density at radius 3 is 2.45 bits per heavy atom. The lowest BCUT2D eigenvalue weighted by atomic mass is 9.87. The summed E-state index contributed by atoms with van der Waals surface area (Å²) < 4.78 is 0. The zero-order valence-electron chi connectivity index (χ0n) is 15.8. The van der Waals surface area contributed by atoms with Crippen LogP contribution in [-0.4, -0.2) is 22.6 Å². The average Bonchev–Trinajstić information content (AvgIpc) is 2.69. The molecule has 0 atom stereocenters. The van der Waals surface area contributed by atoms with Gasteiger partial charge in [0.1, 0.15) is 5.66 Å². The molecule has 5 rings (SSSR count). The first-order chi connectivity index (χ1) is 14.0. The van der Waals surface area contributed by atoms with Crippen LogP contribution in [0.15, 0.2) is 51.2 Å². The Morgan fingerprint density at radius 1 is 1.00 bits per heavy atom. The zero-order valence-corrected chi connectivity index (χ0v) is 16.5. The van der Waals surface area contributed by atoms with Crippen LogP contribution in [0.5, 0.6) is 0 Å². The number of halogens is 1. The van der Waals surface area contributed by atoms with Crippen LogP contribution in [0.25, 0.3) is 21.8 Å². The molecule has 1 aromatic heterocycles. The van der Waals surface area contributed by atoms with Crippen molar-refractivity contribution in [3.8, 4) is 0 Å². The Balaban J connectivity index is 1.82. The quantitative estimate of drug-likeness (QED) is 0.535. The number of nitrogens with one attached hydrogen (secondary N) is 1. The summed E-state index contributed by atoms with van der Waals surface area (Å²) in [5.74, 6) is 0.481. The van der Waals surface area contributed by atoms with Gasteiger partial charge in [-0.15, -0.1) is 0 Å². The second-order valence-corrected chi connectivity index (χ2v) is 8.04. The number of para-hydroxylation sites is 2. The number of pyridine rings is 1. The van der Waals surface area contributed by atoms with Gasteiger partial charge in [-0.05, 0) is 49.9 Å². The molecule has 1 fully saturated rings. The molecule has 1 saturated carbocycles. The maximum atomic E-state index is 13.2. The molecule has 148 valence electrons. The van der Waals surface area contributed by atoms with Crippen molar-refractivity contribution >= 4 is 51.0 Å². The molecule has 1 aliphatic heterocycles. The number of nitrogens with two attached hydrogens (primary N) is 2. The van der Waals surface area contributed by atoms with Crippen LogP contribution in [-0.2, 0) is 0 Å². The highest BCUT2D eigenvalue weighted by Gasteiger charge is 2.43. The molecule has 2 aromatic carbocycles. The van der Waals surface area contributed by atoms with Crippen LogP contribution in [0.4, 0.5) is 5.69 Å². The SMILES string of the molecule is NC1=NC2(CCCCC2)N(c2cccc3c(=O)c4cccc(Cl)c4[nH]c23)C(N)=N1. The minimum Gasteiger partial charge on any atom is -0.369 e. The summed E-state index contributed by atoms with van der Waals surface area (Å²) in [6.07, 6.45) is 4.83. The molecule has 3 aromatic rings. The summed E-state index contributed by atoms with van der Waals surface area (Å²) in [4.78, 5) is 27.4. The molecule has 5 N–H and O–H groups in total. The van der Waals surface area contributed by atoms with Gasteiger partial charge >= 0.3 is 0 Å². The van der Waals surface area contributed by atoms with Gasteiger partial charge in [0.05, 0.1) is 21.7 Å². The second kappa shape index (κ2) is 6.49. The third kappa shape index (κ3) is 2.68. The number of aromatic nitrogens is 1. The average molecular weight is 409 g/mol. The molecule has 0 unspecified atom stereocenters. The number of aliphatic imine (C=N–C) groups is 2. The summed E-state index contributed by atoms with van der Waals surface area (Å²) >= 11 is 6.39. The van der Waals surface area contributed by atoms with Crippen molar-refractivity contribution in [1.29, 1.82) is 0 Å². The van der Waals surface area contributed by atoms with E-state index in [4.69, 9.17) is 28.1 Å². The van der Waals surface area contributed by atoms with Crippen molar-refractivity contribution in [2.45, 2.75) is 37.8 Å². The van der Waals surface area contributed by atoms with Crippen molar-refractivity contribution in [2.24, 2.45) is 21.5 Å². The fourth-order valence-corrected chi connectivity index (χ4v) is 4.85. The molecular formula is C21H21ClN6O. The number of benzene rings is 2. The van der Waals surface area contributed by atoms with E-state index in [2.05, 4.69) is 9.98 Å². The van der Waals surface area contributed by atoms with Crippen molar-refractivity contribution in [1.82, 2.24) is 4.98 Å². The van der Waals surface area contributed by atoms with E-state index in [-0.39, 0.29) is 17.3 Å². The van der Waals surface area contributed by atoms with Gasteiger partial charge in [0.25, 0.3) is 0 Å². The van der Waals surface area contributed by atoms with Crippen molar-refractivity contribution in [3.05, 3.63) is 51.6 Å². The van der Waals surface area contributed by atoms with Crippen LogP contribution in [0, 0.1) is 0 Å². The predicted octanol–water partition coefficient (Wildman–Crippen LogP) is 3.44. The maximum absolute atomic E-state index is 13.2.